The van der Waals surface area contributed by atoms with E-state index >= 15 is 0 Å². The molecular weight excluding hydrogens is 327 g/mol. The summed E-state index contributed by atoms with van der Waals surface area (Å²) < 4.78 is 40.1. The molecule has 0 aliphatic carbocycles. The smallest absolute Gasteiger partial charge is 0.240 e. The summed E-state index contributed by atoms with van der Waals surface area (Å²) in [5.41, 5.74) is 0. The van der Waals surface area contributed by atoms with Crippen molar-refractivity contribution in [1.82, 2.24) is 9.62 Å². The molecule has 0 bridgehead atoms. The van der Waals surface area contributed by atoms with Gasteiger partial charge < -0.3 is 4.90 Å². The van der Waals surface area contributed by atoms with Crippen LogP contribution in [-0.4, -0.2) is 39.0 Å². The first-order valence-electron chi connectivity index (χ1n) is 7.48. The molecule has 1 aromatic rings. The average Bonchev–Trinajstić information content (AvgIpc) is 2.48. The highest BCUT2D eigenvalue weighted by atomic mass is 35.5. The van der Waals surface area contributed by atoms with E-state index in [0.29, 0.717) is 18.5 Å². The van der Waals surface area contributed by atoms with Crippen molar-refractivity contribution in [1.29, 1.82) is 0 Å². The van der Waals surface area contributed by atoms with Crippen LogP contribution < -0.4 is 4.72 Å². The number of halogens is 2. The van der Waals surface area contributed by atoms with Crippen molar-refractivity contribution < 1.29 is 12.8 Å². The summed E-state index contributed by atoms with van der Waals surface area (Å²) in [4.78, 5) is 2.39. The second-order valence-electron chi connectivity index (χ2n) is 6.00. The lowest BCUT2D eigenvalue weighted by Gasteiger charge is -2.34. The van der Waals surface area contributed by atoms with Gasteiger partial charge in [0.1, 0.15) is 5.82 Å². The summed E-state index contributed by atoms with van der Waals surface area (Å²) in [7, 11) is -3.64. The van der Waals surface area contributed by atoms with Crippen LogP contribution in [0.25, 0.3) is 0 Å². The predicted octanol–water partition coefficient (Wildman–Crippen LogP) is 2.88. The zero-order chi connectivity index (χ0) is 16.3. The minimum atomic E-state index is -3.64. The van der Waals surface area contributed by atoms with E-state index in [1.165, 1.54) is 6.07 Å². The lowest BCUT2D eigenvalue weighted by Crippen LogP contribution is -2.41. The third-order valence-electron chi connectivity index (χ3n) is 4.14. The molecule has 1 heterocycles. The molecule has 0 saturated carbocycles. The summed E-state index contributed by atoms with van der Waals surface area (Å²) >= 11 is 5.64. The molecule has 0 unspecified atom stereocenters. The highest BCUT2D eigenvalue weighted by Crippen LogP contribution is 2.21. The van der Waals surface area contributed by atoms with E-state index in [9.17, 15) is 12.8 Å². The quantitative estimate of drug-likeness (QED) is 0.890. The van der Waals surface area contributed by atoms with Gasteiger partial charge in [0.05, 0.1) is 9.92 Å². The molecule has 4 nitrogen and oxygen atoms in total. The SMILES string of the molecule is CC(C)N1CCC(CNS(=O)(=O)c2ccc(F)c(Cl)c2)CC1. The highest BCUT2D eigenvalue weighted by Gasteiger charge is 2.23. The number of rotatable bonds is 5. The molecule has 1 N–H and O–H groups in total. The first-order chi connectivity index (χ1) is 10.3. The summed E-state index contributed by atoms with van der Waals surface area (Å²) in [5, 5.41) is -0.187. The van der Waals surface area contributed by atoms with Crippen LogP contribution in [0.15, 0.2) is 23.1 Å². The Morgan fingerprint density at radius 1 is 1.36 bits per heavy atom. The summed E-state index contributed by atoms with van der Waals surface area (Å²) in [5.74, 6) is -0.289. The first-order valence-corrected chi connectivity index (χ1v) is 9.34. The molecule has 2 rings (SSSR count). The number of nitrogens with zero attached hydrogens (tertiary/aromatic N) is 1. The standard InChI is InChI=1S/C15H22ClFN2O2S/c1-11(2)19-7-5-12(6-8-19)10-18-22(20,21)13-3-4-15(17)14(16)9-13/h3-4,9,11-12,18H,5-8,10H2,1-2H3. The van der Waals surface area contributed by atoms with E-state index in [-0.39, 0.29) is 9.92 Å². The van der Waals surface area contributed by atoms with Gasteiger partial charge in [-0.15, -0.1) is 0 Å². The largest absolute Gasteiger partial charge is 0.301 e. The van der Waals surface area contributed by atoms with Crippen LogP contribution in [0.1, 0.15) is 26.7 Å². The van der Waals surface area contributed by atoms with Gasteiger partial charge in [-0.05, 0) is 63.9 Å². The summed E-state index contributed by atoms with van der Waals surface area (Å²) in [6.07, 6.45) is 1.95. The fraction of sp³-hybridized carbons (Fsp3) is 0.600. The van der Waals surface area contributed by atoms with Gasteiger partial charge >= 0.3 is 0 Å². The average molecular weight is 349 g/mol. The van der Waals surface area contributed by atoms with E-state index in [2.05, 4.69) is 23.5 Å². The molecule has 1 saturated heterocycles. The molecular formula is C15H22ClFN2O2S. The maximum absolute atomic E-state index is 13.1. The molecule has 0 amide bonds. The minimum absolute atomic E-state index is 0.00137. The van der Waals surface area contributed by atoms with Crippen molar-refractivity contribution in [2.24, 2.45) is 5.92 Å². The Labute approximate surface area is 136 Å². The molecule has 1 aliphatic rings. The number of piperidine rings is 1. The molecule has 7 heteroatoms. The van der Waals surface area contributed by atoms with Crippen LogP contribution in [0.2, 0.25) is 5.02 Å². The van der Waals surface area contributed by atoms with Gasteiger partial charge in [-0.1, -0.05) is 11.6 Å². The third-order valence-corrected chi connectivity index (χ3v) is 5.85. The highest BCUT2D eigenvalue weighted by molar-refractivity contribution is 7.89. The maximum atomic E-state index is 13.1. The Bertz CT molecular complexity index is 614. The van der Waals surface area contributed by atoms with Crippen LogP contribution in [0.3, 0.4) is 0 Å². The topological polar surface area (TPSA) is 49.4 Å². The predicted molar refractivity (Wildman–Crippen MR) is 86.0 cm³/mol. The molecule has 1 aliphatic heterocycles. The van der Waals surface area contributed by atoms with Crippen LogP contribution in [-0.2, 0) is 10.0 Å². The number of hydrogen-bond donors (Lipinski definition) is 1. The molecule has 1 aromatic carbocycles. The number of nitrogens with one attached hydrogen (secondary N) is 1. The fourth-order valence-electron chi connectivity index (χ4n) is 2.63. The van der Waals surface area contributed by atoms with Crippen LogP contribution in [0, 0.1) is 11.7 Å². The molecule has 22 heavy (non-hydrogen) atoms. The maximum Gasteiger partial charge on any atom is 0.240 e. The zero-order valence-corrected chi connectivity index (χ0v) is 14.4. The fourth-order valence-corrected chi connectivity index (χ4v) is 4.02. The second-order valence-corrected chi connectivity index (χ2v) is 8.18. The number of likely N-dealkylation sites (tertiary alicyclic amines) is 1. The van der Waals surface area contributed by atoms with E-state index < -0.39 is 15.8 Å². The Morgan fingerprint density at radius 2 is 2.00 bits per heavy atom. The van der Waals surface area contributed by atoms with E-state index in [1.54, 1.807) is 0 Å². The number of sulfonamides is 1. The molecule has 0 atom stereocenters. The first kappa shape index (κ1) is 17.7. The van der Waals surface area contributed by atoms with Gasteiger partial charge in [0.2, 0.25) is 10.0 Å². The Hall–Kier alpha value is -0.690. The monoisotopic (exact) mass is 348 g/mol. The van der Waals surface area contributed by atoms with E-state index in [0.717, 1.165) is 38.1 Å². The van der Waals surface area contributed by atoms with Crippen molar-refractivity contribution in [3.8, 4) is 0 Å². The van der Waals surface area contributed by atoms with Crippen molar-refractivity contribution in [3.63, 3.8) is 0 Å². The van der Waals surface area contributed by atoms with E-state index in [1.807, 2.05) is 0 Å². The molecule has 1 fully saturated rings. The van der Waals surface area contributed by atoms with Gasteiger partial charge in [0.15, 0.2) is 0 Å². The van der Waals surface area contributed by atoms with Gasteiger partial charge in [0, 0.05) is 12.6 Å². The lowest BCUT2D eigenvalue weighted by atomic mass is 9.96. The number of hydrogen-bond acceptors (Lipinski definition) is 3. The van der Waals surface area contributed by atoms with Crippen molar-refractivity contribution in [3.05, 3.63) is 29.0 Å². The minimum Gasteiger partial charge on any atom is -0.301 e. The molecule has 0 aromatic heterocycles. The summed E-state index contributed by atoms with van der Waals surface area (Å²) in [6, 6.07) is 3.96. The Kier molecular flexibility index (Phi) is 5.82. The third kappa shape index (κ3) is 4.41. The normalized spacial score (nSPS) is 18.0. The molecule has 0 radical (unpaired) electrons. The second kappa shape index (κ2) is 7.25. The van der Waals surface area contributed by atoms with Crippen LogP contribution >= 0.6 is 11.6 Å². The molecule has 124 valence electrons. The van der Waals surface area contributed by atoms with E-state index in [4.69, 9.17) is 11.6 Å². The Morgan fingerprint density at radius 3 is 2.55 bits per heavy atom. The van der Waals surface area contributed by atoms with Crippen molar-refractivity contribution >= 4 is 21.6 Å². The number of benzene rings is 1. The summed E-state index contributed by atoms with van der Waals surface area (Å²) in [6.45, 7) is 6.73. The van der Waals surface area contributed by atoms with Gasteiger partial charge in [-0.3, -0.25) is 0 Å². The van der Waals surface area contributed by atoms with Gasteiger partial charge in [-0.2, -0.15) is 0 Å². The van der Waals surface area contributed by atoms with Gasteiger partial charge in [0.25, 0.3) is 0 Å². The van der Waals surface area contributed by atoms with Gasteiger partial charge in [-0.25, -0.2) is 17.5 Å². The van der Waals surface area contributed by atoms with Crippen molar-refractivity contribution in [2.75, 3.05) is 19.6 Å². The van der Waals surface area contributed by atoms with Crippen LogP contribution in [0.5, 0.6) is 0 Å². The van der Waals surface area contributed by atoms with Crippen LogP contribution in [0.4, 0.5) is 4.39 Å². The van der Waals surface area contributed by atoms with Crippen molar-refractivity contribution in [2.45, 2.75) is 37.6 Å². The lowest BCUT2D eigenvalue weighted by molar-refractivity contribution is 0.151. The zero-order valence-electron chi connectivity index (χ0n) is 12.9. The molecule has 0 spiro atoms. The Balaban J connectivity index is 1.92.